The topological polar surface area (TPSA) is 24.5 Å². The van der Waals surface area contributed by atoms with E-state index in [2.05, 4.69) is 55.3 Å². The number of hydrogen-bond acceptors (Lipinski definition) is 3. The monoisotopic (exact) mass is 262 g/mol. The molecule has 3 heteroatoms. The first kappa shape index (κ1) is 14.4. The molecule has 1 heterocycles. The van der Waals surface area contributed by atoms with Gasteiger partial charge in [0.1, 0.15) is 5.75 Å². The molecule has 0 aromatic heterocycles. The summed E-state index contributed by atoms with van der Waals surface area (Å²) in [4.78, 5) is 2.54. The van der Waals surface area contributed by atoms with Gasteiger partial charge >= 0.3 is 0 Å². The fourth-order valence-electron chi connectivity index (χ4n) is 2.59. The Labute approximate surface area is 116 Å². The largest absolute Gasteiger partial charge is 0.494 e. The third kappa shape index (κ3) is 3.95. The third-order valence-electron chi connectivity index (χ3n) is 3.78. The van der Waals surface area contributed by atoms with Crippen molar-refractivity contribution in [1.29, 1.82) is 0 Å². The molecule has 1 aromatic rings. The van der Waals surface area contributed by atoms with Crippen molar-refractivity contribution >= 4 is 0 Å². The third-order valence-corrected chi connectivity index (χ3v) is 3.78. The molecule has 1 N–H and O–H groups in total. The Morgan fingerprint density at radius 2 is 2.11 bits per heavy atom. The highest BCUT2D eigenvalue weighted by Gasteiger charge is 2.21. The summed E-state index contributed by atoms with van der Waals surface area (Å²) in [6.07, 6.45) is 1.05. The van der Waals surface area contributed by atoms with Crippen LogP contribution in [0.4, 0.5) is 0 Å². The van der Waals surface area contributed by atoms with Crippen molar-refractivity contribution in [2.75, 3.05) is 26.2 Å². The van der Waals surface area contributed by atoms with Crippen molar-refractivity contribution in [2.24, 2.45) is 0 Å². The second-order valence-corrected chi connectivity index (χ2v) is 5.44. The Balaban J connectivity index is 1.96. The molecule has 106 valence electrons. The predicted octanol–water partition coefficient (Wildman–Crippen LogP) is 2.83. The SMILES string of the molecule is CCCOc1ccc(C(C)N2CCNC(C)C2)cc1. The van der Waals surface area contributed by atoms with Crippen LogP contribution in [0.15, 0.2) is 24.3 Å². The van der Waals surface area contributed by atoms with E-state index < -0.39 is 0 Å². The number of ether oxygens (including phenoxy) is 1. The highest BCUT2D eigenvalue weighted by molar-refractivity contribution is 5.29. The number of piperazine rings is 1. The molecule has 1 aliphatic heterocycles. The van der Waals surface area contributed by atoms with Crippen LogP contribution in [0.25, 0.3) is 0 Å². The molecular formula is C16H26N2O. The lowest BCUT2D eigenvalue weighted by atomic mass is 10.0. The second-order valence-electron chi connectivity index (χ2n) is 5.44. The van der Waals surface area contributed by atoms with Crippen LogP contribution in [-0.4, -0.2) is 37.2 Å². The molecule has 0 spiro atoms. The van der Waals surface area contributed by atoms with Gasteiger partial charge in [-0.3, -0.25) is 4.90 Å². The van der Waals surface area contributed by atoms with Gasteiger partial charge in [-0.1, -0.05) is 19.1 Å². The van der Waals surface area contributed by atoms with Gasteiger partial charge in [0.05, 0.1) is 6.61 Å². The maximum absolute atomic E-state index is 5.63. The molecule has 0 radical (unpaired) electrons. The molecule has 0 aliphatic carbocycles. The van der Waals surface area contributed by atoms with Gasteiger partial charge in [-0.2, -0.15) is 0 Å². The number of nitrogens with zero attached hydrogens (tertiary/aromatic N) is 1. The first-order chi connectivity index (χ1) is 9.20. The van der Waals surface area contributed by atoms with Crippen molar-refractivity contribution in [1.82, 2.24) is 10.2 Å². The van der Waals surface area contributed by atoms with E-state index in [-0.39, 0.29) is 0 Å². The number of rotatable bonds is 5. The Bertz CT molecular complexity index is 377. The van der Waals surface area contributed by atoms with E-state index in [9.17, 15) is 0 Å². The van der Waals surface area contributed by atoms with Crippen LogP contribution < -0.4 is 10.1 Å². The second kappa shape index (κ2) is 6.92. The fourth-order valence-corrected chi connectivity index (χ4v) is 2.59. The molecular weight excluding hydrogens is 236 g/mol. The van der Waals surface area contributed by atoms with Crippen molar-refractivity contribution < 1.29 is 4.74 Å². The minimum Gasteiger partial charge on any atom is -0.494 e. The van der Waals surface area contributed by atoms with Crippen molar-refractivity contribution in [3.05, 3.63) is 29.8 Å². The highest BCUT2D eigenvalue weighted by Crippen LogP contribution is 2.23. The molecule has 1 saturated heterocycles. The first-order valence-electron chi connectivity index (χ1n) is 7.41. The molecule has 1 fully saturated rings. The van der Waals surface area contributed by atoms with E-state index >= 15 is 0 Å². The fraction of sp³-hybridized carbons (Fsp3) is 0.625. The zero-order valence-electron chi connectivity index (χ0n) is 12.4. The maximum Gasteiger partial charge on any atom is 0.119 e. The summed E-state index contributed by atoms with van der Waals surface area (Å²) in [5.74, 6) is 0.978. The minimum atomic E-state index is 0.477. The normalized spacial score (nSPS) is 22.2. The van der Waals surface area contributed by atoms with Gasteiger partial charge in [0.15, 0.2) is 0 Å². The summed E-state index contributed by atoms with van der Waals surface area (Å²) in [7, 11) is 0. The van der Waals surface area contributed by atoms with Gasteiger partial charge in [-0.05, 0) is 38.0 Å². The predicted molar refractivity (Wildman–Crippen MR) is 79.7 cm³/mol. The van der Waals surface area contributed by atoms with Crippen LogP contribution in [0.3, 0.4) is 0 Å². The van der Waals surface area contributed by atoms with Gasteiger partial charge in [0.2, 0.25) is 0 Å². The lowest BCUT2D eigenvalue weighted by Gasteiger charge is -2.36. The average Bonchev–Trinajstić information content (AvgIpc) is 2.45. The Morgan fingerprint density at radius 1 is 1.37 bits per heavy atom. The van der Waals surface area contributed by atoms with E-state index in [4.69, 9.17) is 4.74 Å². The average molecular weight is 262 g/mol. The van der Waals surface area contributed by atoms with Gasteiger partial charge in [0.25, 0.3) is 0 Å². The molecule has 2 unspecified atom stereocenters. The van der Waals surface area contributed by atoms with Gasteiger partial charge in [-0.15, -0.1) is 0 Å². The summed E-state index contributed by atoms with van der Waals surface area (Å²) < 4.78 is 5.63. The number of nitrogens with one attached hydrogen (secondary N) is 1. The smallest absolute Gasteiger partial charge is 0.119 e. The minimum absolute atomic E-state index is 0.477. The quantitative estimate of drug-likeness (QED) is 0.883. The molecule has 1 aliphatic rings. The van der Waals surface area contributed by atoms with Crippen LogP contribution >= 0.6 is 0 Å². The van der Waals surface area contributed by atoms with E-state index in [1.54, 1.807) is 0 Å². The zero-order valence-corrected chi connectivity index (χ0v) is 12.4. The van der Waals surface area contributed by atoms with Crippen LogP contribution in [0.1, 0.15) is 38.8 Å². The molecule has 0 bridgehead atoms. The summed E-state index contributed by atoms with van der Waals surface area (Å²) in [5, 5.41) is 3.49. The van der Waals surface area contributed by atoms with Crippen LogP contribution in [0, 0.1) is 0 Å². The van der Waals surface area contributed by atoms with E-state index in [0.29, 0.717) is 12.1 Å². The van der Waals surface area contributed by atoms with Gasteiger partial charge < -0.3 is 10.1 Å². The summed E-state index contributed by atoms with van der Waals surface area (Å²) >= 11 is 0. The van der Waals surface area contributed by atoms with E-state index in [1.165, 1.54) is 5.56 Å². The molecule has 3 nitrogen and oxygen atoms in total. The van der Waals surface area contributed by atoms with Crippen LogP contribution in [0.5, 0.6) is 5.75 Å². The maximum atomic E-state index is 5.63. The molecule has 1 aromatic carbocycles. The lowest BCUT2D eigenvalue weighted by Crippen LogP contribution is -2.49. The molecule has 0 saturated carbocycles. The summed E-state index contributed by atoms with van der Waals surface area (Å²) in [5.41, 5.74) is 1.37. The van der Waals surface area contributed by atoms with Crippen molar-refractivity contribution in [3.63, 3.8) is 0 Å². The van der Waals surface area contributed by atoms with Crippen molar-refractivity contribution in [3.8, 4) is 5.75 Å². The molecule has 2 rings (SSSR count). The summed E-state index contributed by atoms with van der Waals surface area (Å²) in [6, 6.07) is 9.64. The standard InChI is InChI=1S/C16H26N2O/c1-4-11-19-16-7-5-15(6-8-16)14(3)18-10-9-17-13(2)12-18/h5-8,13-14,17H,4,9-12H2,1-3H3. The molecule has 2 atom stereocenters. The van der Waals surface area contributed by atoms with Crippen LogP contribution in [0.2, 0.25) is 0 Å². The highest BCUT2D eigenvalue weighted by atomic mass is 16.5. The van der Waals surface area contributed by atoms with E-state index in [0.717, 1.165) is 38.4 Å². The Hall–Kier alpha value is -1.06. The number of hydrogen-bond donors (Lipinski definition) is 1. The lowest BCUT2D eigenvalue weighted by molar-refractivity contribution is 0.158. The van der Waals surface area contributed by atoms with Gasteiger partial charge in [0, 0.05) is 31.7 Å². The Morgan fingerprint density at radius 3 is 2.74 bits per heavy atom. The van der Waals surface area contributed by atoms with Gasteiger partial charge in [-0.25, -0.2) is 0 Å². The van der Waals surface area contributed by atoms with Crippen molar-refractivity contribution in [2.45, 2.75) is 39.3 Å². The molecule has 0 amide bonds. The zero-order chi connectivity index (χ0) is 13.7. The Kier molecular flexibility index (Phi) is 5.23. The van der Waals surface area contributed by atoms with Crippen LogP contribution in [-0.2, 0) is 0 Å². The summed E-state index contributed by atoms with van der Waals surface area (Å²) in [6.45, 7) is 10.8. The first-order valence-corrected chi connectivity index (χ1v) is 7.41. The number of benzene rings is 1. The molecule has 19 heavy (non-hydrogen) atoms. The van der Waals surface area contributed by atoms with E-state index in [1.807, 2.05) is 0 Å².